The van der Waals surface area contributed by atoms with Gasteiger partial charge in [-0.15, -0.1) is 0 Å². The van der Waals surface area contributed by atoms with Crippen molar-refractivity contribution in [1.29, 1.82) is 0 Å². The summed E-state index contributed by atoms with van der Waals surface area (Å²) in [5.41, 5.74) is 1.57. The Hall–Kier alpha value is -1.58. The van der Waals surface area contributed by atoms with Crippen molar-refractivity contribution >= 4 is 11.9 Å². The van der Waals surface area contributed by atoms with E-state index in [1.54, 1.807) is 0 Å². The lowest BCUT2D eigenvalue weighted by Gasteiger charge is -2.23. The molecule has 0 radical (unpaired) electrons. The average Bonchev–Trinajstić information content (AvgIpc) is 3.05. The highest BCUT2D eigenvalue weighted by atomic mass is 16.5. The first-order chi connectivity index (χ1) is 9.08. The van der Waals surface area contributed by atoms with Crippen molar-refractivity contribution < 1.29 is 19.1 Å². The standard InChI is InChI=1S/C15H18O4/c1-7-9-6-12(15(17)19-3)13(7)11-5-8(4-10(9)11)14(16)18-2/h4,6-7,9-11,13H,5H2,1-3H3/t7-,9?,10?,11?,13?/m0/s1. The molecular formula is C15H18O4. The molecule has 0 amide bonds. The Morgan fingerprint density at radius 1 is 1.11 bits per heavy atom. The van der Waals surface area contributed by atoms with E-state index in [1.165, 1.54) is 14.2 Å². The van der Waals surface area contributed by atoms with Gasteiger partial charge in [-0.3, -0.25) is 0 Å². The van der Waals surface area contributed by atoms with Gasteiger partial charge in [-0.1, -0.05) is 19.1 Å². The predicted octanol–water partition coefficient (Wildman–Crippen LogP) is 1.72. The first-order valence-corrected chi connectivity index (χ1v) is 6.67. The van der Waals surface area contributed by atoms with Crippen LogP contribution in [0.5, 0.6) is 0 Å². The van der Waals surface area contributed by atoms with E-state index in [4.69, 9.17) is 9.47 Å². The van der Waals surface area contributed by atoms with Gasteiger partial charge in [0, 0.05) is 11.1 Å². The van der Waals surface area contributed by atoms with E-state index >= 15 is 0 Å². The molecule has 0 saturated heterocycles. The van der Waals surface area contributed by atoms with Crippen LogP contribution >= 0.6 is 0 Å². The summed E-state index contributed by atoms with van der Waals surface area (Å²) >= 11 is 0. The molecule has 2 bridgehead atoms. The van der Waals surface area contributed by atoms with Crippen LogP contribution in [0.1, 0.15) is 13.3 Å². The number of carbonyl (C=O) groups excluding carboxylic acids is 2. The lowest BCUT2D eigenvalue weighted by atomic mass is 9.81. The van der Waals surface area contributed by atoms with Gasteiger partial charge in [0.05, 0.1) is 14.2 Å². The van der Waals surface area contributed by atoms with Gasteiger partial charge in [0.1, 0.15) is 0 Å². The van der Waals surface area contributed by atoms with E-state index in [2.05, 4.69) is 19.1 Å². The molecule has 1 fully saturated rings. The molecule has 0 aliphatic heterocycles. The lowest BCUT2D eigenvalue weighted by molar-refractivity contribution is -0.137. The van der Waals surface area contributed by atoms with E-state index in [9.17, 15) is 9.59 Å². The summed E-state index contributed by atoms with van der Waals surface area (Å²) in [6, 6.07) is 0. The Kier molecular flexibility index (Phi) is 2.77. The number of ether oxygens (including phenoxy) is 2. The van der Waals surface area contributed by atoms with E-state index in [1.807, 2.05) is 0 Å². The van der Waals surface area contributed by atoms with Crippen molar-refractivity contribution in [3.8, 4) is 0 Å². The molecule has 1 saturated carbocycles. The van der Waals surface area contributed by atoms with Gasteiger partial charge in [0.15, 0.2) is 0 Å². The van der Waals surface area contributed by atoms with Gasteiger partial charge in [0.25, 0.3) is 0 Å². The van der Waals surface area contributed by atoms with Crippen LogP contribution in [-0.2, 0) is 19.1 Å². The van der Waals surface area contributed by atoms with E-state index in [0.29, 0.717) is 23.7 Å². The molecule has 3 aliphatic carbocycles. The Morgan fingerprint density at radius 2 is 1.79 bits per heavy atom. The van der Waals surface area contributed by atoms with Crippen molar-refractivity contribution in [1.82, 2.24) is 0 Å². The topological polar surface area (TPSA) is 52.6 Å². The highest BCUT2D eigenvalue weighted by Gasteiger charge is 2.56. The number of esters is 2. The largest absolute Gasteiger partial charge is 0.466 e. The van der Waals surface area contributed by atoms with Crippen molar-refractivity contribution in [3.63, 3.8) is 0 Å². The summed E-state index contributed by atoms with van der Waals surface area (Å²) in [4.78, 5) is 23.4. The molecule has 0 aromatic carbocycles. The van der Waals surface area contributed by atoms with Crippen LogP contribution in [0, 0.1) is 29.6 Å². The minimum Gasteiger partial charge on any atom is -0.466 e. The van der Waals surface area contributed by atoms with Crippen LogP contribution in [0.2, 0.25) is 0 Å². The molecule has 0 aromatic heterocycles. The van der Waals surface area contributed by atoms with E-state index in [-0.39, 0.29) is 17.9 Å². The third-order valence-electron chi connectivity index (χ3n) is 5.02. The van der Waals surface area contributed by atoms with Gasteiger partial charge >= 0.3 is 11.9 Å². The highest BCUT2D eigenvalue weighted by Crippen LogP contribution is 2.60. The molecule has 4 nitrogen and oxygen atoms in total. The van der Waals surface area contributed by atoms with E-state index in [0.717, 1.165) is 17.6 Å². The Balaban J connectivity index is 1.87. The summed E-state index contributed by atoms with van der Waals surface area (Å²) in [6.45, 7) is 2.19. The number of carbonyl (C=O) groups is 2. The average molecular weight is 262 g/mol. The van der Waals surface area contributed by atoms with Crippen LogP contribution in [0.25, 0.3) is 0 Å². The van der Waals surface area contributed by atoms with Crippen LogP contribution < -0.4 is 0 Å². The van der Waals surface area contributed by atoms with Crippen molar-refractivity contribution in [2.24, 2.45) is 29.6 Å². The van der Waals surface area contributed by atoms with Gasteiger partial charge < -0.3 is 9.47 Å². The first-order valence-electron chi connectivity index (χ1n) is 6.67. The predicted molar refractivity (Wildman–Crippen MR) is 67.9 cm³/mol. The zero-order valence-electron chi connectivity index (χ0n) is 11.4. The quantitative estimate of drug-likeness (QED) is 0.711. The minimum atomic E-state index is -0.235. The Morgan fingerprint density at radius 3 is 2.42 bits per heavy atom. The highest BCUT2D eigenvalue weighted by molar-refractivity contribution is 5.91. The fraction of sp³-hybridized carbons (Fsp3) is 0.600. The number of hydrogen-bond donors (Lipinski definition) is 0. The summed E-state index contributed by atoms with van der Waals surface area (Å²) < 4.78 is 9.66. The maximum Gasteiger partial charge on any atom is 0.333 e. The number of rotatable bonds is 2. The molecule has 0 aromatic rings. The molecule has 5 atom stereocenters. The van der Waals surface area contributed by atoms with Crippen molar-refractivity contribution in [2.45, 2.75) is 13.3 Å². The fourth-order valence-electron chi connectivity index (χ4n) is 4.26. The summed E-state index contributed by atoms with van der Waals surface area (Å²) in [7, 11) is 2.83. The molecule has 0 spiro atoms. The Bertz CT molecular complexity index is 502. The smallest absolute Gasteiger partial charge is 0.333 e. The minimum absolute atomic E-state index is 0.218. The zero-order valence-corrected chi connectivity index (χ0v) is 11.4. The molecular weight excluding hydrogens is 244 g/mol. The van der Waals surface area contributed by atoms with Crippen LogP contribution in [0.3, 0.4) is 0 Å². The number of fused-ring (bicyclic) bond motifs is 5. The third kappa shape index (κ3) is 1.58. The lowest BCUT2D eigenvalue weighted by Crippen LogP contribution is -2.23. The molecule has 4 heteroatoms. The van der Waals surface area contributed by atoms with Crippen molar-refractivity contribution in [2.75, 3.05) is 14.2 Å². The third-order valence-corrected chi connectivity index (χ3v) is 5.02. The summed E-state index contributed by atoms with van der Waals surface area (Å²) in [5.74, 6) is 1.31. The maximum atomic E-state index is 11.8. The second kappa shape index (κ2) is 4.22. The molecule has 0 N–H and O–H groups in total. The normalized spacial score (nSPS) is 38.6. The number of hydrogen-bond acceptors (Lipinski definition) is 4. The second-order valence-electron chi connectivity index (χ2n) is 5.70. The molecule has 4 unspecified atom stereocenters. The van der Waals surface area contributed by atoms with Crippen LogP contribution in [0.4, 0.5) is 0 Å². The van der Waals surface area contributed by atoms with Crippen molar-refractivity contribution in [3.05, 3.63) is 23.3 Å². The van der Waals surface area contributed by atoms with Crippen LogP contribution in [-0.4, -0.2) is 26.2 Å². The maximum absolute atomic E-state index is 11.8. The SMILES string of the molecule is COC(=O)C1=CC2C(C1)C1C(C(=O)OC)=CC2[C@@H]1C. The molecule has 3 rings (SSSR count). The Labute approximate surface area is 112 Å². The summed E-state index contributed by atoms with van der Waals surface area (Å²) in [5, 5.41) is 0. The zero-order chi connectivity index (χ0) is 13.7. The fourth-order valence-corrected chi connectivity index (χ4v) is 4.26. The van der Waals surface area contributed by atoms with Gasteiger partial charge in [-0.2, -0.15) is 0 Å². The molecule has 0 heterocycles. The first kappa shape index (κ1) is 12.5. The van der Waals surface area contributed by atoms with Gasteiger partial charge in [-0.05, 0) is 36.0 Å². The molecule has 3 aliphatic rings. The van der Waals surface area contributed by atoms with Gasteiger partial charge in [-0.25, -0.2) is 9.59 Å². The summed E-state index contributed by atoms with van der Waals surface area (Å²) in [6.07, 6.45) is 4.83. The number of allylic oxidation sites excluding steroid dienone is 2. The molecule has 102 valence electrons. The second-order valence-corrected chi connectivity index (χ2v) is 5.70. The monoisotopic (exact) mass is 262 g/mol. The molecule has 19 heavy (non-hydrogen) atoms. The van der Waals surface area contributed by atoms with E-state index < -0.39 is 0 Å². The van der Waals surface area contributed by atoms with Crippen LogP contribution in [0.15, 0.2) is 23.3 Å². The van der Waals surface area contributed by atoms with Gasteiger partial charge in [0.2, 0.25) is 0 Å². The number of methoxy groups -OCH3 is 2.